The molecule has 1 unspecified atom stereocenters. The van der Waals surface area contributed by atoms with Gasteiger partial charge in [-0.1, -0.05) is 16.8 Å². The second-order valence-electron chi connectivity index (χ2n) is 8.02. The number of carboxylic acids is 1. The number of nitrogens with one attached hydrogen (secondary N) is 2. The summed E-state index contributed by atoms with van der Waals surface area (Å²) in [4.78, 5) is 69.8. The van der Waals surface area contributed by atoms with E-state index in [1.807, 2.05) is 0 Å². The van der Waals surface area contributed by atoms with E-state index in [0.717, 1.165) is 16.2 Å². The van der Waals surface area contributed by atoms with Gasteiger partial charge in [0.25, 0.3) is 11.8 Å². The Kier molecular flexibility index (Phi) is 8.02. The minimum atomic E-state index is -1.35. The highest BCUT2D eigenvalue weighted by Crippen LogP contribution is 2.41. The Morgan fingerprint density at radius 3 is 2.74 bits per heavy atom. The van der Waals surface area contributed by atoms with Crippen molar-refractivity contribution in [3.8, 4) is 0 Å². The average molecular weight is 546 g/mol. The van der Waals surface area contributed by atoms with Gasteiger partial charge < -0.3 is 25.3 Å². The minimum Gasteiger partial charge on any atom is -0.477 e. The van der Waals surface area contributed by atoms with Gasteiger partial charge in [0, 0.05) is 11.1 Å². The van der Waals surface area contributed by atoms with Crippen LogP contribution in [0.5, 0.6) is 0 Å². The van der Waals surface area contributed by atoms with Crippen molar-refractivity contribution in [2.45, 2.75) is 37.8 Å². The van der Waals surface area contributed by atoms with Gasteiger partial charge in [-0.15, -0.1) is 23.1 Å². The average Bonchev–Trinajstić information content (AvgIpc) is 3.21. The standard InChI is InChI=1S/C19H20ClN5O8S2/c1-19(2,3)33-10(27)4-32-24-11(9-6-35-18(22-9)21-7-26)14(28)23-12-15(29)25-13(17(30)31)8(20)5-34-16(12)25/h6-7,12,16H,4-5H2,1-3H3,(H,23,28)(H,30,31)(H,21,22,26)/t12?,16-/m0/s1. The highest BCUT2D eigenvalue weighted by atomic mass is 35.5. The largest absolute Gasteiger partial charge is 0.477 e. The number of hydrogen-bond donors (Lipinski definition) is 3. The summed E-state index contributed by atoms with van der Waals surface area (Å²) in [6, 6.07) is -1.06. The number of ether oxygens (including phenoxy) is 1. The number of carboxylic acid groups (broad SMARTS) is 1. The molecule has 0 bridgehead atoms. The summed E-state index contributed by atoms with van der Waals surface area (Å²) in [6.45, 7) is 4.41. The molecular formula is C19H20ClN5O8S2. The molecule has 2 aliphatic rings. The molecule has 16 heteroatoms. The number of β-lactam (4-membered cyclic amide) rings is 1. The third-order valence-corrected chi connectivity index (χ3v) is 6.84. The van der Waals surface area contributed by atoms with Gasteiger partial charge in [-0.25, -0.2) is 14.6 Å². The molecule has 3 heterocycles. The summed E-state index contributed by atoms with van der Waals surface area (Å²) >= 11 is 8.14. The number of carbonyl (C=O) groups is 5. The van der Waals surface area contributed by atoms with Crippen LogP contribution in [0, 0.1) is 0 Å². The lowest BCUT2D eigenvalue weighted by Crippen LogP contribution is -2.71. The Hall–Kier alpha value is -3.17. The second kappa shape index (κ2) is 10.6. The number of rotatable bonds is 9. The highest BCUT2D eigenvalue weighted by molar-refractivity contribution is 8.00. The van der Waals surface area contributed by atoms with E-state index in [0.29, 0.717) is 6.41 Å². The van der Waals surface area contributed by atoms with Crippen LogP contribution in [0.2, 0.25) is 0 Å². The summed E-state index contributed by atoms with van der Waals surface area (Å²) in [5.41, 5.74) is -1.45. The van der Waals surface area contributed by atoms with Gasteiger partial charge in [-0.2, -0.15) is 0 Å². The van der Waals surface area contributed by atoms with E-state index in [1.165, 1.54) is 17.1 Å². The Bertz CT molecular complexity index is 1130. The summed E-state index contributed by atoms with van der Waals surface area (Å²) < 4.78 is 5.11. The van der Waals surface area contributed by atoms with E-state index in [9.17, 15) is 29.1 Å². The van der Waals surface area contributed by atoms with Crippen LogP contribution in [-0.2, 0) is 33.5 Å². The first-order valence-electron chi connectivity index (χ1n) is 9.88. The quantitative estimate of drug-likeness (QED) is 0.132. The minimum absolute atomic E-state index is 0.00938. The molecule has 0 saturated carbocycles. The molecule has 188 valence electrons. The van der Waals surface area contributed by atoms with Crippen molar-refractivity contribution in [3.05, 3.63) is 21.8 Å². The van der Waals surface area contributed by atoms with Crippen LogP contribution in [0.1, 0.15) is 26.5 Å². The van der Waals surface area contributed by atoms with E-state index in [-0.39, 0.29) is 33.0 Å². The van der Waals surface area contributed by atoms with Gasteiger partial charge >= 0.3 is 11.9 Å². The van der Waals surface area contributed by atoms with E-state index in [4.69, 9.17) is 21.2 Å². The molecule has 2 atom stereocenters. The zero-order chi connectivity index (χ0) is 25.9. The van der Waals surface area contributed by atoms with Crippen LogP contribution >= 0.6 is 34.7 Å². The van der Waals surface area contributed by atoms with Gasteiger partial charge in [0.15, 0.2) is 10.8 Å². The van der Waals surface area contributed by atoms with Crippen molar-refractivity contribution >= 4 is 75.7 Å². The smallest absolute Gasteiger partial charge is 0.353 e. The van der Waals surface area contributed by atoms with Crippen LogP contribution in [0.15, 0.2) is 21.3 Å². The number of hydrogen-bond acceptors (Lipinski definition) is 11. The lowest BCUT2D eigenvalue weighted by Gasteiger charge is -2.48. The van der Waals surface area contributed by atoms with Gasteiger partial charge in [0.05, 0.1) is 5.03 Å². The van der Waals surface area contributed by atoms with E-state index >= 15 is 0 Å². The van der Waals surface area contributed by atoms with Gasteiger partial charge in [0.2, 0.25) is 13.0 Å². The van der Waals surface area contributed by atoms with E-state index in [2.05, 4.69) is 20.8 Å². The first kappa shape index (κ1) is 26.4. The maximum atomic E-state index is 13.0. The van der Waals surface area contributed by atoms with Gasteiger partial charge in [-0.3, -0.25) is 19.3 Å². The van der Waals surface area contributed by atoms with Crippen molar-refractivity contribution in [2.75, 3.05) is 17.7 Å². The number of halogens is 1. The number of anilines is 1. The number of carbonyl (C=O) groups excluding carboxylic acids is 4. The number of oxime groups is 1. The number of fused-ring (bicyclic) bond motifs is 1. The topological polar surface area (TPSA) is 177 Å². The Morgan fingerprint density at radius 2 is 2.11 bits per heavy atom. The fourth-order valence-electron chi connectivity index (χ4n) is 3.02. The molecule has 2 aliphatic heterocycles. The Morgan fingerprint density at radius 1 is 1.40 bits per heavy atom. The third-order valence-electron chi connectivity index (χ3n) is 4.31. The number of aliphatic carboxylic acids is 1. The van der Waals surface area contributed by atoms with Crippen molar-refractivity contribution in [1.29, 1.82) is 0 Å². The zero-order valence-corrected chi connectivity index (χ0v) is 21.0. The van der Waals surface area contributed by atoms with Crippen LogP contribution in [0.3, 0.4) is 0 Å². The van der Waals surface area contributed by atoms with E-state index in [1.54, 1.807) is 20.8 Å². The molecule has 13 nitrogen and oxygen atoms in total. The summed E-state index contributed by atoms with van der Waals surface area (Å²) in [5, 5.41) is 18.8. The molecule has 1 aromatic rings. The lowest BCUT2D eigenvalue weighted by atomic mass is 10.0. The third kappa shape index (κ3) is 6.10. The molecule has 35 heavy (non-hydrogen) atoms. The number of amides is 3. The first-order valence-corrected chi connectivity index (χ1v) is 12.2. The molecule has 0 aliphatic carbocycles. The van der Waals surface area contributed by atoms with Crippen molar-refractivity contribution < 1.29 is 38.7 Å². The molecular weight excluding hydrogens is 526 g/mol. The molecule has 0 aromatic carbocycles. The number of aromatic nitrogens is 1. The van der Waals surface area contributed by atoms with Crippen molar-refractivity contribution in [1.82, 2.24) is 15.2 Å². The second-order valence-corrected chi connectivity index (χ2v) is 10.4. The number of esters is 1. The normalized spacial score (nSPS) is 19.9. The van der Waals surface area contributed by atoms with Crippen molar-refractivity contribution in [3.63, 3.8) is 0 Å². The Balaban J connectivity index is 1.77. The molecule has 0 spiro atoms. The molecule has 1 saturated heterocycles. The van der Waals surface area contributed by atoms with E-state index < -0.39 is 47.4 Å². The number of nitrogens with zero attached hydrogens (tertiary/aromatic N) is 3. The fourth-order valence-corrected chi connectivity index (χ4v) is 5.22. The van der Waals surface area contributed by atoms with Crippen LogP contribution in [0.25, 0.3) is 0 Å². The van der Waals surface area contributed by atoms with Crippen LogP contribution in [-0.4, -0.2) is 80.2 Å². The predicted molar refractivity (Wildman–Crippen MR) is 126 cm³/mol. The summed E-state index contributed by atoms with van der Waals surface area (Å²) in [6.07, 6.45) is 0.402. The summed E-state index contributed by atoms with van der Waals surface area (Å²) in [7, 11) is 0. The molecule has 1 fully saturated rings. The zero-order valence-electron chi connectivity index (χ0n) is 18.6. The first-order chi connectivity index (χ1) is 16.4. The molecule has 1 aromatic heterocycles. The molecule has 3 amide bonds. The fraction of sp³-hybridized carbons (Fsp3) is 0.421. The summed E-state index contributed by atoms with van der Waals surface area (Å²) in [5.74, 6) is -3.46. The Labute approximate surface area is 211 Å². The van der Waals surface area contributed by atoms with Crippen LogP contribution in [0.4, 0.5) is 5.13 Å². The van der Waals surface area contributed by atoms with Gasteiger partial charge in [0.1, 0.15) is 28.4 Å². The highest BCUT2D eigenvalue weighted by Gasteiger charge is 2.54. The molecule has 3 N–H and O–H groups in total. The number of thiazole rings is 1. The molecule has 3 rings (SSSR count). The maximum Gasteiger partial charge on any atom is 0.353 e. The van der Waals surface area contributed by atoms with Crippen molar-refractivity contribution in [2.24, 2.45) is 5.16 Å². The van der Waals surface area contributed by atoms with Gasteiger partial charge in [-0.05, 0) is 20.8 Å². The maximum absolute atomic E-state index is 13.0. The lowest BCUT2D eigenvalue weighted by molar-refractivity contribution is -0.160. The monoisotopic (exact) mass is 545 g/mol. The molecule has 0 radical (unpaired) electrons. The SMILES string of the molecule is CC(C)(C)OC(=O)CON=C(C(=O)NC1C(=O)N2C(C(=O)O)=C(Cl)CS[C@@H]12)c1csc(NC=O)n1. The predicted octanol–water partition coefficient (Wildman–Crippen LogP) is 0.709. The number of thioether (sulfide) groups is 1. The van der Waals surface area contributed by atoms with Crippen LogP contribution < -0.4 is 10.6 Å².